The van der Waals surface area contributed by atoms with Gasteiger partial charge in [-0.1, -0.05) is 0 Å². The molecule has 0 spiro atoms. The number of hydrogen-bond acceptors (Lipinski definition) is 8. The van der Waals surface area contributed by atoms with Crippen LogP contribution in [0.15, 0.2) is 30.7 Å². The smallest absolute Gasteiger partial charge is 0.225 e. The highest BCUT2D eigenvalue weighted by atomic mass is 16.5. The Balaban J connectivity index is 1.35. The molecule has 0 aliphatic carbocycles. The van der Waals surface area contributed by atoms with Crippen molar-refractivity contribution in [1.29, 1.82) is 0 Å². The second-order valence-corrected chi connectivity index (χ2v) is 5.58. The largest absolute Gasteiger partial charge is 0.481 e. The summed E-state index contributed by atoms with van der Waals surface area (Å²) in [5, 5.41) is 3.23. The molecule has 8 heteroatoms. The highest BCUT2D eigenvalue weighted by Crippen LogP contribution is 2.10. The van der Waals surface area contributed by atoms with E-state index in [-0.39, 0.29) is 0 Å². The fourth-order valence-corrected chi connectivity index (χ4v) is 2.67. The van der Waals surface area contributed by atoms with Crippen molar-refractivity contribution in [3.05, 3.63) is 30.7 Å². The Bertz CT molecular complexity index is 617. The molecule has 128 valence electrons. The Hall–Kier alpha value is -2.48. The van der Waals surface area contributed by atoms with Crippen molar-refractivity contribution >= 4 is 11.9 Å². The lowest BCUT2D eigenvalue weighted by Gasteiger charge is -2.34. The molecule has 1 fully saturated rings. The van der Waals surface area contributed by atoms with Crippen LogP contribution >= 0.6 is 0 Å². The van der Waals surface area contributed by atoms with Gasteiger partial charge >= 0.3 is 0 Å². The number of nitrogens with zero attached hydrogens (tertiary/aromatic N) is 6. The maximum absolute atomic E-state index is 5.09. The summed E-state index contributed by atoms with van der Waals surface area (Å²) < 4.78 is 5.09. The third-order valence-electron chi connectivity index (χ3n) is 3.98. The molecule has 0 radical (unpaired) electrons. The molecule has 1 aliphatic rings. The monoisotopic (exact) mass is 329 g/mol. The van der Waals surface area contributed by atoms with E-state index in [1.165, 1.54) is 0 Å². The minimum absolute atomic E-state index is 0.576. The molecule has 0 amide bonds. The standard InChI is InChI=1S/C16H23N7O/c1-24-14-4-8-18-15(21-14)17-7-3-9-22-10-12-23(13-11-22)16-19-5-2-6-20-16/h2,4-6,8H,3,7,9-13H2,1H3,(H,17,18,21). The molecule has 1 saturated heterocycles. The molecule has 1 aliphatic heterocycles. The fourth-order valence-electron chi connectivity index (χ4n) is 2.67. The van der Waals surface area contributed by atoms with Gasteiger partial charge in [0.25, 0.3) is 0 Å². The van der Waals surface area contributed by atoms with Gasteiger partial charge in [0, 0.05) is 57.4 Å². The van der Waals surface area contributed by atoms with Crippen LogP contribution in [-0.4, -0.2) is 71.2 Å². The molecule has 0 bridgehead atoms. The van der Waals surface area contributed by atoms with E-state index in [1.807, 2.05) is 6.07 Å². The van der Waals surface area contributed by atoms with E-state index in [9.17, 15) is 0 Å². The van der Waals surface area contributed by atoms with Crippen molar-refractivity contribution in [2.45, 2.75) is 6.42 Å². The average molecular weight is 329 g/mol. The quantitative estimate of drug-likeness (QED) is 0.751. The minimum atomic E-state index is 0.576. The van der Waals surface area contributed by atoms with E-state index in [2.05, 4.69) is 35.1 Å². The van der Waals surface area contributed by atoms with E-state index >= 15 is 0 Å². The van der Waals surface area contributed by atoms with Crippen LogP contribution in [0.5, 0.6) is 5.88 Å². The summed E-state index contributed by atoms with van der Waals surface area (Å²) in [5.41, 5.74) is 0. The van der Waals surface area contributed by atoms with E-state index in [4.69, 9.17) is 4.74 Å². The predicted octanol–water partition coefficient (Wildman–Crippen LogP) is 0.899. The fraction of sp³-hybridized carbons (Fsp3) is 0.500. The highest BCUT2D eigenvalue weighted by molar-refractivity contribution is 5.29. The number of methoxy groups -OCH3 is 1. The first kappa shape index (κ1) is 16.4. The lowest BCUT2D eigenvalue weighted by atomic mass is 10.3. The summed E-state index contributed by atoms with van der Waals surface area (Å²) in [5.74, 6) is 2.01. The van der Waals surface area contributed by atoms with Crippen LogP contribution in [0.4, 0.5) is 11.9 Å². The van der Waals surface area contributed by atoms with Gasteiger partial charge in [-0.15, -0.1) is 0 Å². The Morgan fingerprint density at radius 2 is 1.88 bits per heavy atom. The van der Waals surface area contributed by atoms with Crippen LogP contribution < -0.4 is 15.0 Å². The highest BCUT2D eigenvalue weighted by Gasteiger charge is 2.18. The van der Waals surface area contributed by atoms with Crippen LogP contribution in [0.25, 0.3) is 0 Å². The van der Waals surface area contributed by atoms with Crippen molar-refractivity contribution in [2.24, 2.45) is 0 Å². The average Bonchev–Trinajstić information content (AvgIpc) is 2.67. The Morgan fingerprint density at radius 1 is 1.08 bits per heavy atom. The second-order valence-electron chi connectivity index (χ2n) is 5.58. The summed E-state index contributed by atoms with van der Waals surface area (Å²) in [6, 6.07) is 3.58. The zero-order valence-electron chi connectivity index (χ0n) is 13.9. The van der Waals surface area contributed by atoms with Gasteiger partial charge < -0.3 is 15.0 Å². The molecular weight excluding hydrogens is 306 g/mol. The van der Waals surface area contributed by atoms with Gasteiger partial charge in [0.05, 0.1) is 7.11 Å². The number of piperazine rings is 1. The normalized spacial score (nSPS) is 15.3. The van der Waals surface area contributed by atoms with E-state index in [0.29, 0.717) is 11.8 Å². The number of aromatic nitrogens is 4. The first-order chi connectivity index (χ1) is 11.8. The zero-order valence-corrected chi connectivity index (χ0v) is 13.9. The molecule has 1 N–H and O–H groups in total. The zero-order chi connectivity index (χ0) is 16.6. The van der Waals surface area contributed by atoms with Crippen LogP contribution in [0.1, 0.15) is 6.42 Å². The summed E-state index contributed by atoms with van der Waals surface area (Å²) >= 11 is 0. The number of ether oxygens (including phenoxy) is 1. The van der Waals surface area contributed by atoms with Crippen molar-refractivity contribution < 1.29 is 4.74 Å². The molecule has 0 saturated carbocycles. The number of anilines is 2. The molecular formula is C16H23N7O. The van der Waals surface area contributed by atoms with E-state index in [1.54, 1.807) is 31.8 Å². The Labute approximate surface area is 141 Å². The molecule has 0 aromatic carbocycles. The van der Waals surface area contributed by atoms with Crippen molar-refractivity contribution in [2.75, 3.05) is 56.6 Å². The van der Waals surface area contributed by atoms with Gasteiger partial charge in [-0.2, -0.15) is 4.98 Å². The predicted molar refractivity (Wildman–Crippen MR) is 92.4 cm³/mol. The summed E-state index contributed by atoms with van der Waals surface area (Å²) in [6.07, 6.45) is 6.32. The molecule has 0 atom stereocenters. The number of nitrogens with one attached hydrogen (secondary N) is 1. The summed E-state index contributed by atoms with van der Waals surface area (Å²) in [6.45, 7) is 5.91. The Morgan fingerprint density at radius 3 is 2.62 bits per heavy atom. The number of hydrogen-bond donors (Lipinski definition) is 1. The van der Waals surface area contributed by atoms with Gasteiger partial charge in [-0.3, -0.25) is 4.90 Å². The lowest BCUT2D eigenvalue weighted by Crippen LogP contribution is -2.47. The van der Waals surface area contributed by atoms with Gasteiger partial charge in [0.1, 0.15) is 0 Å². The first-order valence-electron chi connectivity index (χ1n) is 8.20. The maximum Gasteiger partial charge on any atom is 0.225 e. The second kappa shape index (κ2) is 8.39. The summed E-state index contributed by atoms with van der Waals surface area (Å²) in [4.78, 5) is 21.7. The maximum atomic E-state index is 5.09. The third-order valence-corrected chi connectivity index (χ3v) is 3.98. The van der Waals surface area contributed by atoms with E-state index < -0.39 is 0 Å². The first-order valence-corrected chi connectivity index (χ1v) is 8.20. The van der Waals surface area contributed by atoms with Crippen LogP contribution in [0, 0.1) is 0 Å². The van der Waals surface area contributed by atoms with E-state index in [0.717, 1.165) is 51.6 Å². The van der Waals surface area contributed by atoms with Gasteiger partial charge in [0.2, 0.25) is 17.8 Å². The lowest BCUT2D eigenvalue weighted by molar-refractivity contribution is 0.256. The van der Waals surface area contributed by atoms with Crippen molar-refractivity contribution in [3.63, 3.8) is 0 Å². The minimum Gasteiger partial charge on any atom is -0.481 e. The molecule has 24 heavy (non-hydrogen) atoms. The van der Waals surface area contributed by atoms with Gasteiger partial charge in [0.15, 0.2) is 0 Å². The molecule has 8 nitrogen and oxygen atoms in total. The third kappa shape index (κ3) is 4.51. The molecule has 3 rings (SSSR count). The SMILES string of the molecule is COc1ccnc(NCCCN2CCN(c3ncccn3)CC2)n1. The van der Waals surface area contributed by atoms with Crippen molar-refractivity contribution in [1.82, 2.24) is 24.8 Å². The Kier molecular flexibility index (Phi) is 5.73. The molecule has 0 unspecified atom stereocenters. The topological polar surface area (TPSA) is 79.3 Å². The van der Waals surface area contributed by atoms with Crippen LogP contribution in [0.2, 0.25) is 0 Å². The van der Waals surface area contributed by atoms with Crippen LogP contribution in [-0.2, 0) is 0 Å². The van der Waals surface area contributed by atoms with Gasteiger partial charge in [-0.05, 0) is 19.0 Å². The molecule has 3 heterocycles. The molecule has 2 aromatic heterocycles. The van der Waals surface area contributed by atoms with Crippen molar-refractivity contribution in [3.8, 4) is 5.88 Å². The summed E-state index contributed by atoms with van der Waals surface area (Å²) in [7, 11) is 1.60. The van der Waals surface area contributed by atoms with Crippen LogP contribution in [0.3, 0.4) is 0 Å². The number of rotatable bonds is 7. The molecule has 2 aromatic rings. The van der Waals surface area contributed by atoms with Gasteiger partial charge in [-0.25, -0.2) is 15.0 Å².